The number of H-pyrrole nitrogens is 2. The highest BCUT2D eigenvalue weighted by atomic mass is 19.1. The molecule has 0 fully saturated rings. The van der Waals surface area contributed by atoms with Crippen LogP contribution in [-0.2, 0) is 16.0 Å². The fraction of sp³-hybridized carbons (Fsp3) is 0.412. The zero-order valence-electron chi connectivity index (χ0n) is 13.4. The van der Waals surface area contributed by atoms with Crippen molar-refractivity contribution in [3.63, 3.8) is 0 Å². The Morgan fingerprint density at radius 3 is 2.67 bits per heavy atom. The molecule has 1 aliphatic carbocycles. The van der Waals surface area contributed by atoms with E-state index in [-0.39, 0.29) is 18.6 Å². The Morgan fingerprint density at radius 1 is 1.38 bits per heavy atom. The maximum atomic E-state index is 13.3. The number of benzene rings is 1. The van der Waals surface area contributed by atoms with Gasteiger partial charge in [-0.05, 0) is 31.5 Å². The fourth-order valence-electron chi connectivity index (χ4n) is 3.52. The lowest BCUT2D eigenvalue weighted by Crippen LogP contribution is -2.50. The van der Waals surface area contributed by atoms with E-state index in [9.17, 15) is 19.1 Å². The molecule has 24 heavy (non-hydrogen) atoms. The monoisotopic (exact) mass is 334 g/mol. The van der Waals surface area contributed by atoms with Gasteiger partial charge in [-0.15, -0.1) is 0 Å². The first-order valence-corrected chi connectivity index (χ1v) is 7.79. The van der Waals surface area contributed by atoms with Gasteiger partial charge >= 0.3 is 5.97 Å². The quantitative estimate of drug-likeness (QED) is 0.741. The smallest absolute Gasteiger partial charge is 0.312 e. The Hall–Kier alpha value is -2.41. The standard InChI is InChI=1S/C17H19FN2O4/c1-3-24-16(22)14-12(9-4-6-10(18)7-5-9)13-11(8-17(14,2)23)19-20-15(13)21/h4-7,12,14,23H,3,8H2,1-2H3,(H2,19,20,21). The third kappa shape index (κ3) is 2.65. The Kier molecular flexibility index (Phi) is 4.04. The summed E-state index contributed by atoms with van der Waals surface area (Å²) in [7, 11) is 0. The molecular formula is C17H19FN2O4. The van der Waals surface area contributed by atoms with Crippen LogP contribution in [-0.4, -0.2) is 33.5 Å². The molecule has 0 saturated heterocycles. The van der Waals surface area contributed by atoms with Crippen LogP contribution in [0.4, 0.5) is 4.39 Å². The summed E-state index contributed by atoms with van der Waals surface area (Å²) in [6, 6.07) is 5.57. The molecule has 0 saturated carbocycles. The van der Waals surface area contributed by atoms with Crippen LogP contribution in [0.2, 0.25) is 0 Å². The minimum absolute atomic E-state index is 0.113. The van der Waals surface area contributed by atoms with E-state index in [4.69, 9.17) is 4.74 Å². The molecule has 128 valence electrons. The highest BCUT2D eigenvalue weighted by molar-refractivity contribution is 5.77. The second-order valence-electron chi connectivity index (χ2n) is 6.26. The van der Waals surface area contributed by atoms with Gasteiger partial charge in [0.25, 0.3) is 5.56 Å². The van der Waals surface area contributed by atoms with E-state index in [0.717, 1.165) is 0 Å². The van der Waals surface area contributed by atoms with Gasteiger partial charge in [0.05, 0.1) is 18.1 Å². The highest BCUT2D eigenvalue weighted by Gasteiger charge is 2.51. The number of carbonyl (C=O) groups excluding carboxylic acids is 1. The zero-order valence-corrected chi connectivity index (χ0v) is 13.4. The predicted octanol–water partition coefficient (Wildman–Crippen LogP) is 1.46. The number of fused-ring (bicyclic) bond motifs is 1. The van der Waals surface area contributed by atoms with E-state index in [2.05, 4.69) is 10.2 Å². The van der Waals surface area contributed by atoms with Crippen LogP contribution in [0, 0.1) is 11.7 Å². The summed E-state index contributed by atoms with van der Waals surface area (Å²) in [4.78, 5) is 24.8. The number of nitrogens with one attached hydrogen (secondary N) is 2. The van der Waals surface area contributed by atoms with Crippen molar-refractivity contribution in [3.05, 3.63) is 57.3 Å². The molecule has 7 heteroatoms. The lowest BCUT2D eigenvalue weighted by molar-refractivity contribution is -0.159. The van der Waals surface area contributed by atoms with E-state index in [1.807, 2.05) is 0 Å². The van der Waals surface area contributed by atoms with Crippen molar-refractivity contribution in [1.82, 2.24) is 10.2 Å². The van der Waals surface area contributed by atoms with Crippen molar-refractivity contribution in [3.8, 4) is 0 Å². The van der Waals surface area contributed by atoms with Crippen molar-refractivity contribution in [2.24, 2.45) is 5.92 Å². The third-order valence-electron chi connectivity index (χ3n) is 4.52. The fourth-order valence-corrected chi connectivity index (χ4v) is 3.52. The van der Waals surface area contributed by atoms with Crippen LogP contribution in [0.15, 0.2) is 29.1 Å². The number of hydrogen-bond acceptors (Lipinski definition) is 4. The lowest BCUT2D eigenvalue weighted by atomic mass is 9.66. The van der Waals surface area contributed by atoms with E-state index in [1.165, 1.54) is 24.3 Å². The molecular weight excluding hydrogens is 315 g/mol. The van der Waals surface area contributed by atoms with Gasteiger partial charge in [0.15, 0.2) is 0 Å². The van der Waals surface area contributed by atoms with Crippen molar-refractivity contribution >= 4 is 5.97 Å². The summed E-state index contributed by atoms with van der Waals surface area (Å²) in [5.41, 5.74) is -0.278. The summed E-state index contributed by atoms with van der Waals surface area (Å²) < 4.78 is 18.4. The van der Waals surface area contributed by atoms with E-state index in [0.29, 0.717) is 16.8 Å². The van der Waals surface area contributed by atoms with Crippen LogP contribution in [0.25, 0.3) is 0 Å². The Bertz CT molecular complexity index is 807. The summed E-state index contributed by atoms with van der Waals surface area (Å²) in [6.45, 7) is 3.38. The van der Waals surface area contributed by atoms with Gasteiger partial charge in [0, 0.05) is 23.6 Å². The second kappa shape index (κ2) is 5.90. The molecule has 0 spiro atoms. The van der Waals surface area contributed by atoms with Crippen molar-refractivity contribution in [1.29, 1.82) is 0 Å². The number of aromatic nitrogens is 2. The van der Waals surface area contributed by atoms with E-state index >= 15 is 0 Å². The molecule has 3 unspecified atom stereocenters. The van der Waals surface area contributed by atoms with Gasteiger partial charge < -0.3 is 14.9 Å². The lowest BCUT2D eigenvalue weighted by Gasteiger charge is -2.40. The first kappa shape index (κ1) is 16.4. The predicted molar refractivity (Wildman–Crippen MR) is 84.1 cm³/mol. The average Bonchev–Trinajstić information content (AvgIpc) is 2.86. The molecule has 6 nitrogen and oxygen atoms in total. The third-order valence-corrected chi connectivity index (χ3v) is 4.52. The number of aromatic amines is 2. The molecule has 1 aromatic heterocycles. The molecule has 1 heterocycles. The maximum absolute atomic E-state index is 13.3. The Labute approximate surface area is 137 Å². The number of carbonyl (C=O) groups is 1. The second-order valence-corrected chi connectivity index (χ2v) is 6.26. The summed E-state index contributed by atoms with van der Waals surface area (Å²) in [5.74, 6) is -2.69. The summed E-state index contributed by atoms with van der Waals surface area (Å²) in [5, 5.41) is 16.1. The number of rotatable bonds is 3. The number of ether oxygens (including phenoxy) is 1. The normalized spacial score (nSPS) is 26.0. The highest BCUT2D eigenvalue weighted by Crippen LogP contribution is 2.44. The molecule has 3 atom stereocenters. The number of esters is 1. The Morgan fingerprint density at radius 2 is 2.04 bits per heavy atom. The van der Waals surface area contributed by atoms with Crippen molar-refractivity contribution in [2.45, 2.75) is 31.8 Å². The Balaban J connectivity index is 2.20. The SMILES string of the molecule is CCOC(=O)C1C(c2ccc(F)cc2)c2c([nH][nH]c2=O)CC1(C)O. The van der Waals surface area contributed by atoms with Crippen LogP contribution in [0.3, 0.4) is 0 Å². The number of hydrogen-bond donors (Lipinski definition) is 3. The first-order chi connectivity index (χ1) is 11.3. The molecule has 0 amide bonds. The van der Waals surface area contributed by atoms with Crippen molar-refractivity contribution in [2.75, 3.05) is 6.61 Å². The molecule has 1 aromatic carbocycles. The van der Waals surface area contributed by atoms with Crippen LogP contribution < -0.4 is 5.56 Å². The van der Waals surface area contributed by atoms with Crippen LogP contribution in [0.5, 0.6) is 0 Å². The number of halogens is 1. The minimum Gasteiger partial charge on any atom is -0.466 e. The average molecular weight is 334 g/mol. The topological polar surface area (TPSA) is 95.2 Å². The molecule has 0 radical (unpaired) electrons. The molecule has 0 bridgehead atoms. The summed E-state index contributed by atoms with van der Waals surface area (Å²) >= 11 is 0. The maximum Gasteiger partial charge on any atom is 0.312 e. The van der Waals surface area contributed by atoms with Crippen LogP contribution in [0.1, 0.15) is 36.6 Å². The van der Waals surface area contributed by atoms with Gasteiger partial charge in [-0.25, -0.2) is 4.39 Å². The molecule has 1 aliphatic rings. The van der Waals surface area contributed by atoms with Gasteiger partial charge in [0.1, 0.15) is 5.82 Å². The van der Waals surface area contributed by atoms with E-state index < -0.39 is 29.2 Å². The van der Waals surface area contributed by atoms with Gasteiger partial charge in [-0.3, -0.25) is 14.7 Å². The number of aliphatic hydroxyl groups is 1. The molecule has 3 rings (SSSR count). The molecule has 2 aromatic rings. The van der Waals surface area contributed by atoms with Gasteiger partial charge in [-0.2, -0.15) is 0 Å². The van der Waals surface area contributed by atoms with Gasteiger partial charge in [0.2, 0.25) is 0 Å². The van der Waals surface area contributed by atoms with Gasteiger partial charge in [-0.1, -0.05) is 12.1 Å². The largest absolute Gasteiger partial charge is 0.466 e. The molecule has 0 aliphatic heterocycles. The van der Waals surface area contributed by atoms with E-state index in [1.54, 1.807) is 13.8 Å². The molecule has 3 N–H and O–H groups in total. The first-order valence-electron chi connectivity index (χ1n) is 7.79. The zero-order chi connectivity index (χ0) is 17.5. The van der Waals surface area contributed by atoms with Crippen LogP contribution >= 0.6 is 0 Å². The summed E-state index contributed by atoms with van der Waals surface area (Å²) in [6.07, 6.45) is 0.113. The minimum atomic E-state index is -1.41. The van der Waals surface area contributed by atoms with Crippen molar-refractivity contribution < 1.29 is 19.0 Å².